The highest BCUT2D eigenvalue weighted by Crippen LogP contribution is 2.29. The fourth-order valence-electron chi connectivity index (χ4n) is 2.05. The maximum atomic E-state index is 12.0. The minimum absolute atomic E-state index is 0.0125. The molecule has 1 atom stereocenters. The van der Waals surface area contributed by atoms with Crippen molar-refractivity contribution in [3.05, 3.63) is 70.3 Å². The number of ether oxygens (including phenoxy) is 1. The summed E-state index contributed by atoms with van der Waals surface area (Å²) in [6.45, 7) is 0.0325. The number of non-ortho nitro benzene ring substituents is 1. The van der Waals surface area contributed by atoms with Crippen LogP contribution in [0.2, 0.25) is 0 Å². The Morgan fingerprint density at radius 2 is 1.72 bits per heavy atom. The number of thiocarbonyl (C=S) groups is 1. The van der Waals surface area contributed by atoms with Crippen molar-refractivity contribution in [2.75, 3.05) is 5.32 Å². The Labute approximate surface area is 186 Å². The molecule has 12 heteroatoms. The molecule has 2 aromatic carbocycles. The van der Waals surface area contributed by atoms with Crippen molar-refractivity contribution in [2.24, 2.45) is 0 Å². The van der Waals surface area contributed by atoms with Gasteiger partial charge in [-0.1, -0.05) is 65.1 Å². The van der Waals surface area contributed by atoms with Gasteiger partial charge in [0.25, 0.3) is 5.69 Å². The number of nitro groups is 1. The quantitative estimate of drug-likeness (QED) is 0.185. The lowest BCUT2D eigenvalue weighted by Gasteiger charge is -2.27. The van der Waals surface area contributed by atoms with Crippen LogP contribution < -0.4 is 16.0 Å². The molecule has 1 unspecified atom stereocenters. The highest BCUT2D eigenvalue weighted by Gasteiger charge is 2.35. The van der Waals surface area contributed by atoms with E-state index in [4.69, 9.17) is 51.8 Å². The number of carbonyl (C=O) groups excluding carboxylic acids is 1. The van der Waals surface area contributed by atoms with Gasteiger partial charge in [-0.3, -0.25) is 15.4 Å². The van der Waals surface area contributed by atoms with E-state index in [0.29, 0.717) is 5.69 Å². The third-order valence-electron chi connectivity index (χ3n) is 3.41. The van der Waals surface area contributed by atoms with E-state index in [2.05, 4.69) is 16.0 Å². The molecule has 3 N–H and O–H groups in total. The second-order valence-electron chi connectivity index (χ2n) is 5.58. The molecule has 0 radical (unpaired) electrons. The Bertz CT molecular complexity index is 863. The molecule has 2 aromatic rings. The van der Waals surface area contributed by atoms with Crippen molar-refractivity contribution >= 4 is 69.6 Å². The number of amides is 1. The topological polar surface area (TPSA) is 106 Å². The lowest BCUT2D eigenvalue weighted by atomic mass is 10.2. The van der Waals surface area contributed by atoms with Crippen molar-refractivity contribution < 1.29 is 14.5 Å². The second-order valence-corrected chi connectivity index (χ2v) is 8.36. The third-order valence-corrected chi connectivity index (χ3v) is 4.29. The average molecular weight is 478 g/mol. The zero-order chi connectivity index (χ0) is 21.4. The Morgan fingerprint density at radius 1 is 1.10 bits per heavy atom. The molecule has 0 fully saturated rings. The number of hydrogen-bond donors (Lipinski definition) is 3. The van der Waals surface area contributed by atoms with Crippen LogP contribution in [0.1, 0.15) is 5.56 Å². The van der Waals surface area contributed by atoms with Crippen LogP contribution in [0, 0.1) is 10.1 Å². The molecule has 8 nitrogen and oxygen atoms in total. The predicted molar refractivity (Wildman–Crippen MR) is 116 cm³/mol. The maximum absolute atomic E-state index is 12.0. The Morgan fingerprint density at radius 3 is 2.28 bits per heavy atom. The van der Waals surface area contributed by atoms with E-state index in [-0.39, 0.29) is 17.4 Å². The molecule has 0 aliphatic rings. The van der Waals surface area contributed by atoms with Gasteiger partial charge in [0.2, 0.25) is 3.79 Å². The average Bonchev–Trinajstić information content (AvgIpc) is 2.66. The van der Waals surface area contributed by atoms with Crippen molar-refractivity contribution in [3.63, 3.8) is 0 Å². The predicted octanol–water partition coefficient (Wildman–Crippen LogP) is 4.50. The number of alkyl halides is 3. The highest BCUT2D eigenvalue weighted by molar-refractivity contribution is 7.80. The minimum atomic E-state index is -1.95. The van der Waals surface area contributed by atoms with Gasteiger partial charge in [-0.15, -0.1) is 0 Å². The summed E-state index contributed by atoms with van der Waals surface area (Å²) in [4.78, 5) is 22.2. The van der Waals surface area contributed by atoms with E-state index in [9.17, 15) is 14.9 Å². The molecule has 0 saturated carbocycles. The fourth-order valence-corrected chi connectivity index (χ4v) is 2.61. The van der Waals surface area contributed by atoms with Crippen LogP contribution in [0.25, 0.3) is 0 Å². The number of halogens is 3. The van der Waals surface area contributed by atoms with Gasteiger partial charge in [0, 0.05) is 17.8 Å². The number of alkyl carbamates (subject to hydrolysis) is 1. The number of nitrogens with zero attached hydrogens (tertiary/aromatic N) is 1. The van der Waals surface area contributed by atoms with Gasteiger partial charge in [0.1, 0.15) is 6.61 Å². The summed E-state index contributed by atoms with van der Waals surface area (Å²) in [7, 11) is 0. The van der Waals surface area contributed by atoms with Gasteiger partial charge in [0.15, 0.2) is 11.3 Å². The molecular weight excluding hydrogens is 463 g/mol. The molecule has 0 heterocycles. The molecule has 0 bridgehead atoms. The first-order valence-corrected chi connectivity index (χ1v) is 9.55. The monoisotopic (exact) mass is 476 g/mol. The summed E-state index contributed by atoms with van der Waals surface area (Å²) >= 11 is 22.8. The smallest absolute Gasteiger partial charge is 0.409 e. The molecule has 1 amide bonds. The molecular formula is C17H15Cl3N4O4S. The van der Waals surface area contributed by atoms with Crippen molar-refractivity contribution in [3.8, 4) is 0 Å². The highest BCUT2D eigenvalue weighted by atomic mass is 35.6. The van der Waals surface area contributed by atoms with Gasteiger partial charge in [-0.05, 0) is 29.9 Å². The lowest BCUT2D eigenvalue weighted by Crippen LogP contribution is -2.56. The van der Waals surface area contributed by atoms with Crippen molar-refractivity contribution in [1.29, 1.82) is 0 Å². The summed E-state index contributed by atoms with van der Waals surface area (Å²) in [5.74, 6) is 0. The molecule has 0 saturated heterocycles. The zero-order valence-electron chi connectivity index (χ0n) is 14.6. The number of carbonyl (C=O) groups is 1. The Kier molecular flexibility index (Phi) is 8.27. The Hall–Kier alpha value is -2.33. The molecule has 0 aliphatic carbocycles. The van der Waals surface area contributed by atoms with E-state index < -0.39 is 21.0 Å². The van der Waals surface area contributed by atoms with Crippen LogP contribution in [0.3, 0.4) is 0 Å². The molecule has 0 aromatic heterocycles. The van der Waals surface area contributed by atoms with Crippen molar-refractivity contribution in [1.82, 2.24) is 10.6 Å². The van der Waals surface area contributed by atoms with E-state index in [0.717, 1.165) is 5.56 Å². The number of nitro benzene ring substituents is 1. The SMILES string of the molecule is O=C(NC(NC(=S)Nc1ccc([N+](=O)[O-])cc1)C(Cl)(Cl)Cl)OCc1ccccc1. The van der Waals surface area contributed by atoms with Gasteiger partial charge in [0.05, 0.1) is 4.92 Å². The van der Waals surface area contributed by atoms with Crippen LogP contribution in [0.5, 0.6) is 0 Å². The number of anilines is 1. The summed E-state index contributed by atoms with van der Waals surface area (Å²) in [5, 5.41) is 18.5. The van der Waals surface area contributed by atoms with Crippen molar-refractivity contribution in [2.45, 2.75) is 16.6 Å². The third kappa shape index (κ3) is 7.90. The number of rotatable bonds is 6. The van der Waals surface area contributed by atoms with Gasteiger partial charge in [-0.25, -0.2) is 4.79 Å². The zero-order valence-corrected chi connectivity index (χ0v) is 17.7. The van der Waals surface area contributed by atoms with Crippen LogP contribution >= 0.6 is 47.0 Å². The van der Waals surface area contributed by atoms with E-state index >= 15 is 0 Å². The Balaban J connectivity index is 1.92. The number of benzene rings is 2. The minimum Gasteiger partial charge on any atom is -0.445 e. The van der Waals surface area contributed by atoms with Gasteiger partial charge in [-0.2, -0.15) is 0 Å². The van der Waals surface area contributed by atoms with E-state index in [1.54, 1.807) is 12.1 Å². The first kappa shape index (κ1) is 23.0. The molecule has 0 spiro atoms. The van der Waals surface area contributed by atoms with E-state index in [1.165, 1.54) is 24.3 Å². The second kappa shape index (κ2) is 10.4. The molecule has 29 heavy (non-hydrogen) atoms. The van der Waals surface area contributed by atoms with Crippen LogP contribution in [0.4, 0.5) is 16.2 Å². The summed E-state index contributed by atoms with van der Waals surface area (Å²) < 4.78 is 3.14. The van der Waals surface area contributed by atoms with Gasteiger partial charge >= 0.3 is 6.09 Å². The maximum Gasteiger partial charge on any atom is 0.409 e. The first-order chi connectivity index (χ1) is 13.6. The normalized spacial score (nSPS) is 11.8. The standard InChI is InChI=1S/C17H15Cl3N4O4S/c18-17(19,20)14(23-16(25)28-10-11-4-2-1-3-5-11)22-15(29)21-12-6-8-13(9-7-12)24(26)27/h1-9,14H,10H2,(H,23,25)(H2,21,22,29). The number of nitrogens with one attached hydrogen (secondary N) is 3. The molecule has 154 valence electrons. The first-order valence-electron chi connectivity index (χ1n) is 8.01. The molecule has 0 aliphatic heterocycles. The summed E-state index contributed by atoms with van der Waals surface area (Å²) in [6, 6.07) is 14.6. The summed E-state index contributed by atoms with van der Waals surface area (Å²) in [6.07, 6.45) is -2.04. The largest absolute Gasteiger partial charge is 0.445 e. The van der Waals surface area contributed by atoms with Crippen LogP contribution in [-0.4, -0.2) is 26.1 Å². The van der Waals surface area contributed by atoms with E-state index in [1.807, 2.05) is 18.2 Å². The van der Waals surface area contributed by atoms with Crippen LogP contribution in [0.15, 0.2) is 54.6 Å². The molecule has 2 rings (SSSR count). The van der Waals surface area contributed by atoms with Gasteiger partial charge < -0.3 is 15.4 Å². The number of hydrogen-bond acceptors (Lipinski definition) is 5. The lowest BCUT2D eigenvalue weighted by molar-refractivity contribution is -0.384. The summed E-state index contributed by atoms with van der Waals surface area (Å²) in [5.41, 5.74) is 1.18. The van der Waals surface area contributed by atoms with Crippen LogP contribution in [-0.2, 0) is 11.3 Å². The fraction of sp³-hybridized carbons (Fsp3) is 0.176.